The van der Waals surface area contributed by atoms with Crippen molar-refractivity contribution in [2.24, 2.45) is 0 Å². The van der Waals surface area contributed by atoms with Crippen LogP contribution in [0.15, 0.2) is 24.3 Å². The molecule has 1 aliphatic carbocycles. The van der Waals surface area contributed by atoms with E-state index in [0.29, 0.717) is 0 Å². The number of hydrogen-bond acceptors (Lipinski definition) is 2. The van der Waals surface area contributed by atoms with Crippen LogP contribution in [0.5, 0.6) is 0 Å². The van der Waals surface area contributed by atoms with E-state index in [4.69, 9.17) is 0 Å². The molecule has 0 atom stereocenters. The van der Waals surface area contributed by atoms with E-state index in [-0.39, 0.29) is 0 Å². The summed E-state index contributed by atoms with van der Waals surface area (Å²) in [7, 11) is 2.09. The summed E-state index contributed by atoms with van der Waals surface area (Å²) in [6, 6.07) is 10.5. The number of hydrogen-bond donors (Lipinski definition) is 1. The van der Waals surface area contributed by atoms with Crippen molar-refractivity contribution in [3.8, 4) is 0 Å². The Morgan fingerprint density at radius 2 is 1.88 bits per heavy atom. The molecule has 0 bridgehead atoms. The van der Waals surface area contributed by atoms with E-state index >= 15 is 0 Å². The zero-order valence-corrected chi connectivity index (χ0v) is 10.7. The standard InChI is InChI=1S/C15H22N2/c1-16-13-6-8-14(9-7-13)17-11-10-12-4-2-3-5-15(12)17/h2-5,13-14,16H,6-11H2,1H3. The van der Waals surface area contributed by atoms with Crippen molar-refractivity contribution in [3.63, 3.8) is 0 Å². The molecular weight excluding hydrogens is 208 g/mol. The van der Waals surface area contributed by atoms with Crippen LogP contribution in [0, 0.1) is 0 Å². The normalized spacial score (nSPS) is 28.2. The quantitative estimate of drug-likeness (QED) is 0.840. The third-order valence-electron chi connectivity index (χ3n) is 4.47. The predicted octanol–water partition coefficient (Wildman–Crippen LogP) is 2.58. The van der Waals surface area contributed by atoms with Crippen molar-refractivity contribution in [1.82, 2.24) is 5.32 Å². The highest BCUT2D eigenvalue weighted by atomic mass is 15.2. The van der Waals surface area contributed by atoms with Gasteiger partial charge in [-0.15, -0.1) is 0 Å². The minimum absolute atomic E-state index is 0.754. The summed E-state index contributed by atoms with van der Waals surface area (Å²) in [5, 5.41) is 3.42. The number of nitrogens with zero attached hydrogens (tertiary/aromatic N) is 1. The maximum absolute atomic E-state index is 3.42. The van der Waals surface area contributed by atoms with Gasteiger partial charge in [0.15, 0.2) is 0 Å². The molecule has 0 radical (unpaired) electrons. The van der Waals surface area contributed by atoms with Crippen molar-refractivity contribution < 1.29 is 0 Å². The topological polar surface area (TPSA) is 15.3 Å². The first-order chi connectivity index (χ1) is 8.38. The molecule has 3 rings (SSSR count). The lowest BCUT2D eigenvalue weighted by Crippen LogP contribution is -2.41. The predicted molar refractivity (Wildman–Crippen MR) is 72.6 cm³/mol. The lowest BCUT2D eigenvalue weighted by molar-refractivity contribution is 0.347. The van der Waals surface area contributed by atoms with Crippen molar-refractivity contribution in [2.75, 3.05) is 18.5 Å². The Kier molecular flexibility index (Phi) is 3.06. The molecule has 2 heteroatoms. The summed E-state index contributed by atoms with van der Waals surface area (Å²) in [5.41, 5.74) is 3.05. The molecular formula is C15H22N2. The van der Waals surface area contributed by atoms with Crippen LogP contribution in [0.4, 0.5) is 5.69 Å². The maximum Gasteiger partial charge on any atom is 0.0402 e. The average molecular weight is 230 g/mol. The minimum Gasteiger partial charge on any atom is -0.368 e. The first kappa shape index (κ1) is 11.1. The summed E-state index contributed by atoms with van der Waals surface area (Å²) >= 11 is 0. The fraction of sp³-hybridized carbons (Fsp3) is 0.600. The number of nitrogens with one attached hydrogen (secondary N) is 1. The summed E-state index contributed by atoms with van der Waals surface area (Å²) in [6.45, 7) is 1.23. The molecule has 0 saturated heterocycles. The van der Waals surface area contributed by atoms with E-state index in [1.54, 1.807) is 5.56 Å². The highest BCUT2D eigenvalue weighted by molar-refractivity contribution is 5.58. The molecule has 0 spiro atoms. The fourth-order valence-corrected chi connectivity index (χ4v) is 3.42. The van der Waals surface area contributed by atoms with Gasteiger partial charge in [-0.2, -0.15) is 0 Å². The molecule has 0 amide bonds. The highest BCUT2D eigenvalue weighted by Gasteiger charge is 2.29. The van der Waals surface area contributed by atoms with Gasteiger partial charge in [-0.1, -0.05) is 18.2 Å². The third-order valence-corrected chi connectivity index (χ3v) is 4.47. The fourth-order valence-electron chi connectivity index (χ4n) is 3.42. The van der Waals surface area contributed by atoms with Gasteiger partial charge in [0.2, 0.25) is 0 Å². The van der Waals surface area contributed by atoms with Gasteiger partial charge in [0.25, 0.3) is 0 Å². The zero-order chi connectivity index (χ0) is 11.7. The molecule has 1 aromatic rings. The molecule has 1 heterocycles. The SMILES string of the molecule is CNC1CCC(N2CCc3ccccc32)CC1. The molecule has 0 aromatic heterocycles. The molecule has 1 fully saturated rings. The van der Waals surface area contributed by atoms with Gasteiger partial charge in [-0.25, -0.2) is 0 Å². The van der Waals surface area contributed by atoms with E-state index in [9.17, 15) is 0 Å². The lowest BCUT2D eigenvalue weighted by Gasteiger charge is -2.36. The Labute approximate surface area is 104 Å². The van der Waals surface area contributed by atoms with Crippen LogP contribution >= 0.6 is 0 Å². The monoisotopic (exact) mass is 230 g/mol. The van der Waals surface area contributed by atoms with Crippen LogP contribution in [0.3, 0.4) is 0 Å². The minimum atomic E-state index is 0.754. The molecule has 2 nitrogen and oxygen atoms in total. The van der Waals surface area contributed by atoms with Crippen molar-refractivity contribution >= 4 is 5.69 Å². The van der Waals surface area contributed by atoms with Gasteiger partial charge in [0.05, 0.1) is 0 Å². The summed E-state index contributed by atoms with van der Waals surface area (Å²) in [6.07, 6.45) is 6.60. The van der Waals surface area contributed by atoms with Crippen LogP contribution < -0.4 is 10.2 Å². The van der Waals surface area contributed by atoms with Crippen LogP contribution in [-0.4, -0.2) is 25.7 Å². The Bertz CT molecular complexity index is 380. The highest BCUT2D eigenvalue weighted by Crippen LogP contribution is 2.34. The third kappa shape index (κ3) is 2.06. The number of anilines is 1. The molecule has 1 N–H and O–H groups in total. The van der Waals surface area contributed by atoms with Gasteiger partial charge in [0.1, 0.15) is 0 Å². The molecule has 1 aliphatic heterocycles. The number of rotatable bonds is 2. The molecule has 17 heavy (non-hydrogen) atoms. The first-order valence-electron chi connectivity index (χ1n) is 6.90. The van der Waals surface area contributed by atoms with Gasteiger partial charge in [-0.05, 0) is 50.8 Å². The van der Waals surface area contributed by atoms with E-state index in [0.717, 1.165) is 12.1 Å². The van der Waals surface area contributed by atoms with Gasteiger partial charge >= 0.3 is 0 Å². The average Bonchev–Trinajstić information content (AvgIpc) is 2.83. The largest absolute Gasteiger partial charge is 0.368 e. The Morgan fingerprint density at radius 3 is 2.65 bits per heavy atom. The Morgan fingerprint density at radius 1 is 1.12 bits per heavy atom. The number of para-hydroxylation sites is 1. The molecule has 92 valence electrons. The Hall–Kier alpha value is -1.02. The maximum atomic E-state index is 3.42. The number of benzene rings is 1. The molecule has 1 aromatic carbocycles. The lowest BCUT2D eigenvalue weighted by atomic mass is 9.90. The van der Waals surface area contributed by atoms with Crippen LogP contribution in [0.1, 0.15) is 31.2 Å². The van der Waals surface area contributed by atoms with Gasteiger partial charge in [-0.3, -0.25) is 0 Å². The smallest absolute Gasteiger partial charge is 0.0402 e. The van der Waals surface area contributed by atoms with Crippen LogP contribution in [0.2, 0.25) is 0 Å². The zero-order valence-electron chi connectivity index (χ0n) is 10.7. The summed E-state index contributed by atoms with van der Waals surface area (Å²) < 4.78 is 0. The van der Waals surface area contributed by atoms with E-state index < -0.39 is 0 Å². The van der Waals surface area contributed by atoms with E-state index in [1.807, 2.05) is 0 Å². The molecule has 0 unspecified atom stereocenters. The molecule has 2 aliphatic rings. The summed E-state index contributed by atoms with van der Waals surface area (Å²) in [4.78, 5) is 2.65. The summed E-state index contributed by atoms with van der Waals surface area (Å²) in [5.74, 6) is 0. The van der Waals surface area contributed by atoms with Crippen LogP contribution in [0.25, 0.3) is 0 Å². The van der Waals surface area contributed by atoms with Gasteiger partial charge < -0.3 is 10.2 Å². The van der Waals surface area contributed by atoms with Crippen molar-refractivity contribution in [2.45, 2.75) is 44.2 Å². The second kappa shape index (κ2) is 4.69. The molecule has 1 saturated carbocycles. The van der Waals surface area contributed by atoms with Crippen molar-refractivity contribution in [1.29, 1.82) is 0 Å². The second-order valence-electron chi connectivity index (χ2n) is 5.37. The Balaban J connectivity index is 1.71. The van der Waals surface area contributed by atoms with Gasteiger partial charge in [0, 0.05) is 24.3 Å². The van der Waals surface area contributed by atoms with Crippen LogP contribution in [-0.2, 0) is 6.42 Å². The second-order valence-corrected chi connectivity index (χ2v) is 5.37. The van der Waals surface area contributed by atoms with Crippen molar-refractivity contribution in [3.05, 3.63) is 29.8 Å². The van der Waals surface area contributed by atoms with E-state index in [2.05, 4.69) is 41.5 Å². The van der Waals surface area contributed by atoms with E-state index in [1.165, 1.54) is 44.3 Å². The first-order valence-corrected chi connectivity index (χ1v) is 6.90. The number of fused-ring (bicyclic) bond motifs is 1.